The summed E-state index contributed by atoms with van der Waals surface area (Å²) in [4.78, 5) is 57.2. The monoisotopic (exact) mass is 543 g/mol. The molecule has 6 atom stereocenters. The van der Waals surface area contributed by atoms with Gasteiger partial charge in [-0.3, -0.25) is 24.1 Å². The van der Waals surface area contributed by atoms with Crippen molar-refractivity contribution >= 4 is 29.0 Å². The summed E-state index contributed by atoms with van der Waals surface area (Å²) < 4.78 is 0. The molecule has 0 spiro atoms. The van der Waals surface area contributed by atoms with Crippen molar-refractivity contribution < 1.29 is 24.3 Å². The molecule has 1 aliphatic heterocycles. The van der Waals surface area contributed by atoms with E-state index in [-0.39, 0.29) is 41.5 Å². The number of fused-ring (bicyclic) bond motifs is 4. The number of hydrogen-bond donors (Lipinski definition) is 1. The molecule has 1 saturated carbocycles. The van der Waals surface area contributed by atoms with Crippen molar-refractivity contribution in [3.05, 3.63) is 119 Å². The third-order valence-corrected chi connectivity index (χ3v) is 9.82. The van der Waals surface area contributed by atoms with E-state index in [1.807, 2.05) is 66.7 Å². The molecule has 2 fully saturated rings. The van der Waals surface area contributed by atoms with Crippen LogP contribution in [-0.4, -0.2) is 40.4 Å². The van der Waals surface area contributed by atoms with Crippen molar-refractivity contribution in [2.75, 3.05) is 7.05 Å². The standard InChI is InChI=1S/C35H29NO5/c1-36-33(40)25-17-16-24-27(30(25)34(36)41)18-28-32(39)26(20-8-4-2-5-9-20)19-29(38)35(28,22-10-6-3-7-11-22)31(24)21-12-14-23(37)15-13-21/h2-16,19,25,27-28,30-31,37H,17-18H2,1H3/t25-,27+,28-,30-,31-,35-/m0/s1. The summed E-state index contributed by atoms with van der Waals surface area (Å²) in [5.74, 6) is -3.33. The third kappa shape index (κ3) is 3.49. The van der Waals surface area contributed by atoms with Gasteiger partial charge >= 0.3 is 0 Å². The van der Waals surface area contributed by atoms with Crippen molar-refractivity contribution in [3.63, 3.8) is 0 Å². The van der Waals surface area contributed by atoms with E-state index in [0.29, 0.717) is 17.6 Å². The number of hydrogen-bond acceptors (Lipinski definition) is 5. The van der Waals surface area contributed by atoms with Crippen LogP contribution in [0.2, 0.25) is 0 Å². The van der Waals surface area contributed by atoms with E-state index in [1.165, 1.54) is 18.0 Å². The van der Waals surface area contributed by atoms with Crippen LogP contribution in [0.4, 0.5) is 0 Å². The van der Waals surface area contributed by atoms with E-state index in [0.717, 1.165) is 16.7 Å². The van der Waals surface area contributed by atoms with E-state index in [4.69, 9.17) is 0 Å². The highest BCUT2D eigenvalue weighted by Gasteiger charge is 2.65. The van der Waals surface area contributed by atoms with Crippen LogP contribution in [0.25, 0.3) is 5.57 Å². The molecule has 3 aromatic rings. The van der Waals surface area contributed by atoms with E-state index < -0.39 is 29.1 Å². The molecule has 204 valence electrons. The Bertz CT molecular complexity index is 1660. The van der Waals surface area contributed by atoms with Gasteiger partial charge in [0.05, 0.1) is 17.3 Å². The number of imide groups is 1. The summed E-state index contributed by atoms with van der Waals surface area (Å²) in [7, 11) is 1.53. The van der Waals surface area contributed by atoms with Crippen LogP contribution in [0.3, 0.4) is 0 Å². The zero-order valence-corrected chi connectivity index (χ0v) is 22.6. The molecule has 0 aromatic heterocycles. The molecule has 6 heteroatoms. The first-order valence-electron chi connectivity index (χ1n) is 14.1. The smallest absolute Gasteiger partial charge is 0.233 e. The fourth-order valence-electron chi connectivity index (χ4n) is 8.07. The molecule has 7 rings (SSSR count). The van der Waals surface area contributed by atoms with Crippen LogP contribution in [-0.2, 0) is 24.6 Å². The average Bonchev–Trinajstić information content (AvgIpc) is 3.23. The lowest BCUT2D eigenvalue weighted by atomic mass is 9.44. The van der Waals surface area contributed by atoms with Gasteiger partial charge in [0.2, 0.25) is 11.8 Å². The van der Waals surface area contributed by atoms with Crippen molar-refractivity contribution in [1.29, 1.82) is 0 Å². The Hall–Kier alpha value is -4.58. The Morgan fingerprint density at radius 2 is 1.46 bits per heavy atom. The fourth-order valence-corrected chi connectivity index (χ4v) is 8.07. The molecule has 0 radical (unpaired) electrons. The zero-order chi connectivity index (χ0) is 28.5. The van der Waals surface area contributed by atoms with Crippen LogP contribution in [0.5, 0.6) is 5.75 Å². The van der Waals surface area contributed by atoms with E-state index >= 15 is 0 Å². The number of ketones is 2. The lowest BCUT2D eigenvalue weighted by molar-refractivity contribution is -0.139. The molecule has 1 saturated heterocycles. The van der Waals surface area contributed by atoms with Crippen molar-refractivity contribution in [3.8, 4) is 5.75 Å². The van der Waals surface area contributed by atoms with Crippen LogP contribution in [0.1, 0.15) is 35.4 Å². The highest BCUT2D eigenvalue weighted by Crippen LogP contribution is 2.63. The molecule has 3 aromatic carbocycles. The quantitative estimate of drug-likeness (QED) is 0.377. The second kappa shape index (κ2) is 9.23. The largest absolute Gasteiger partial charge is 0.508 e. The summed E-state index contributed by atoms with van der Waals surface area (Å²) in [6, 6.07) is 25.5. The predicted octanol–water partition coefficient (Wildman–Crippen LogP) is 4.85. The first kappa shape index (κ1) is 25.4. The highest BCUT2D eigenvalue weighted by atomic mass is 16.3. The number of amides is 2. The molecule has 1 N–H and O–H groups in total. The molecule has 0 bridgehead atoms. The number of carbonyl (C=O) groups excluding carboxylic acids is 4. The minimum atomic E-state index is -1.25. The molecule has 6 nitrogen and oxygen atoms in total. The Morgan fingerprint density at radius 3 is 2.15 bits per heavy atom. The van der Waals surface area contributed by atoms with E-state index in [2.05, 4.69) is 0 Å². The summed E-state index contributed by atoms with van der Waals surface area (Å²) >= 11 is 0. The van der Waals surface area contributed by atoms with Crippen molar-refractivity contribution in [2.24, 2.45) is 23.7 Å². The molecular formula is C35H29NO5. The maximum absolute atomic E-state index is 14.8. The van der Waals surface area contributed by atoms with Gasteiger partial charge < -0.3 is 5.11 Å². The number of Topliss-reactive ketones (excluding diaryl/α,β-unsaturated/α-hetero) is 1. The SMILES string of the molecule is CN1C(=O)[C@H]2[C@H](CC=C3[C@H]2C[C@H]2C(=O)C(c4ccccc4)=CC(=O)[C@@]2(c2ccccc2)[C@H]3c2ccc(O)cc2)C1=O. The van der Waals surface area contributed by atoms with Gasteiger partial charge in [-0.15, -0.1) is 0 Å². The van der Waals surface area contributed by atoms with Crippen molar-refractivity contribution in [1.82, 2.24) is 4.90 Å². The fraction of sp³-hybridized carbons (Fsp3) is 0.257. The second-order valence-electron chi connectivity index (χ2n) is 11.6. The number of allylic oxidation sites excluding steroid dienone is 4. The third-order valence-electron chi connectivity index (χ3n) is 9.82. The van der Waals surface area contributed by atoms with Gasteiger partial charge in [-0.2, -0.15) is 0 Å². The van der Waals surface area contributed by atoms with Crippen LogP contribution in [0, 0.1) is 23.7 Å². The number of nitrogens with zero attached hydrogens (tertiary/aromatic N) is 1. The molecular weight excluding hydrogens is 514 g/mol. The maximum atomic E-state index is 14.8. The van der Waals surface area contributed by atoms with Gasteiger partial charge in [-0.05, 0) is 53.7 Å². The maximum Gasteiger partial charge on any atom is 0.233 e. The van der Waals surface area contributed by atoms with E-state index in [1.54, 1.807) is 24.3 Å². The minimum Gasteiger partial charge on any atom is -0.508 e. The van der Waals surface area contributed by atoms with Gasteiger partial charge in [0.25, 0.3) is 0 Å². The molecule has 2 amide bonds. The summed E-state index contributed by atoms with van der Waals surface area (Å²) in [6.45, 7) is 0. The first-order chi connectivity index (χ1) is 19.8. The second-order valence-corrected chi connectivity index (χ2v) is 11.6. The lowest BCUT2D eigenvalue weighted by Crippen LogP contribution is -2.58. The predicted molar refractivity (Wildman–Crippen MR) is 152 cm³/mol. The highest BCUT2D eigenvalue weighted by molar-refractivity contribution is 6.31. The van der Waals surface area contributed by atoms with Crippen LogP contribution < -0.4 is 0 Å². The number of carbonyl (C=O) groups is 4. The normalized spacial score (nSPS) is 30.8. The number of benzene rings is 3. The topological polar surface area (TPSA) is 91.8 Å². The number of phenols is 1. The van der Waals surface area contributed by atoms with Crippen LogP contribution in [0.15, 0.2) is 103 Å². The molecule has 0 unspecified atom stereocenters. The Kier molecular flexibility index (Phi) is 5.72. The Labute approximate surface area is 238 Å². The molecule has 3 aliphatic carbocycles. The van der Waals surface area contributed by atoms with Crippen molar-refractivity contribution in [2.45, 2.75) is 24.2 Å². The lowest BCUT2D eigenvalue weighted by Gasteiger charge is -2.55. The number of aromatic hydroxyl groups is 1. The molecule has 4 aliphatic rings. The molecule has 1 heterocycles. The number of likely N-dealkylation sites (tertiary alicyclic amines) is 1. The van der Waals surface area contributed by atoms with Gasteiger partial charge in [0, 0.05) is 24.5 Å². The Balaban J connectivity index is 1.52. The summed E-state index contributed by atoms with van der Waals surface area (Å²) in [5.41, 5.74) is 2.27. The van der Waals surface area contributed by atoms with Gasteiger partial charge in [-0.1, -0.05) is 84.4 Å². The first-order valence-corrected chi connectivity index (χ1v) is 14.1. The average molecular weight is 544 g/mol. The molecule has 41 heavy (non-hydrogen) atoms. The van der Waals surface area contributed by atoms with Crippen LogP contribution >= 0.6 is 0 Å². The van der Waals surface area contributed by atoms with Gasteiger partial charge in [0.1, 0.15) is 5.75 Å². The zero-order valence-electron chi connectivity index (χ0n) is 22.6. The van der Waals surface area contributed by atoms with Gasteiger partial charge in [-0.25, -0.2) is 0 Å². The Morgan fingerprint density at radius 1 is 0.805 bits per heavy atom. The number of rotatable bonds is 3. The number of phenolic OH excluding ortho intramolecular Hbond substituents is 1. The van der Waals surface area contributed by atoms with E-state index in [9.17, 15) is 24.3 Å². The van der Waals surface area contributed by atoms with Gasteiger partial charge in [0.15, 0.2) is 11.6 Å². The summed E-state index contributed by atoms with van der Waals surface area (Å²) in [6.07, 6.45) is 4.25. The minimum absolute atomic E-state index is 0.0969. The summed E-state index contributed by atoms with van der Waals surface area (Å²) in [5, 5.41) is 10.1.